The Morgan fingerprint density at radius 2 is 1.93 bits per heavy atom. The second kappa shape index (κ2) is 4.54. The first-order chi connectivity index (χ1) is 7.00. The first-order valence-corrected chi connectivity index (χ1v) is 4.40. The molecule has 5 heteroatoms. The quantitative estimate of drug-likeness (QED) is 0.381. The van der Waals surface area contributed by atoms with E-state index in [1.165, 1.54) is 12.2 Å². The normalized spacial score (nSPS) is 14.6. The molecule has 5 nitrogen and oxygen atoms in total. The van der Waals surface area contributed by atoms with Crippen molar-refractivity contribution in [2.75, 3.05) is 6.54 Å². The minimum absolute atomic E-state index is 0.0218. The van der Waals surface area contributed by atoms with Gasteiger partial charge in [0.2, 0.25) is 0 Å². The molecule has 80 valence electrons. The number of amides is 2. The van der Waals surface area contributed by atoms with Crippen molar-refractivity contribution >= 4 is 17.8 Å². The molecule has 0 saturated carbocycles. The molecule has 15 heavy (non-hydrogen) atoms. The lowest BCUT2D eigenvalue weighted by Gasteiger charge is -2.12. The average Bonchev–Trinajstić information content (AvgIpc) is 2.42. The van der Waals surface area contributed by atoms with Crippen LogP contribution >= 0.6 is 0 Å². The van der Waals surface area contributed by atoms with Crippen LogP contribution in [0.15, 0.2) is 24.5 Å². The number of nitrogens with zero attached hydrogens (tertiary/aromatic N) is 1. The molecule has 1 heterocycles. The zero-order chi connectivity index (χ0) is 11.4. The van der Waals surface area contributed by atoms with Gasteiger partial charge in [-0.05, 0) is 6.92 Å². The highest BCUT2D eigenvalue weighted by molar-refractivity contribution is 6.12. The van der Waals surface area contributed by atoms with Gasteiger partial charge in [0.1, 0.15) is 0 Å². The minimum Gasteiger partial charge on any atom is -0.432 e. The van der Waals surface area contributed by atoms with E-state index < -0.39 is 17.8 Å². The molecule has 0 fully saturated rings. The molecule has 0 bridgehead atoms. The lowest BCUT2D eigenvalue weighted by molar-refractivity contribution is -0.141. The molecule has 0 unspecified atom stereocenters. The molecule has 0 N–H and O–H groups in total. The summed E-state index contributed by atoms with van der Waals surface area (Å²) < 4.78 is 4.68. The van der Waals surface area contributed by atoms with Crippen LogP contribution in [0.25, 0.3) is 0 Å². The van der Waals surface area contributed by atoms with Crippen LogP contribution in [0, 0.1) is 0 Å². The van der Waals surface area contributed by atoms with Crippen molar-refractivity contribution in [3.63, 3.8) is 0 Å². The number of esters is 1. The Kier molecular flexibility index (Phi) is 3.38. The van der Waals surface area contributed by atoms with Gasteiger partial charge in [-0.2, -0.15) is 0 Å². The van der Waals surface area contributed by atoms with Gasteiger partial charge < -0.3 is 4.74 Å². The number of allylic oxidation sites excluding steroid dienone is 1. The Bertz CT molecular complexity index is 338. The second-order valence-corrected chi connectivity index (χ2v) is 3.09. The van der Waals surface area contributed by atoms with Gasteiger partial charge in [-0.25, -0.2) is 0 Å². The molecule has 0 spiro atoms. The van der Waals surface area contributed by atoms with Gasteiger partial charge in [0.25, 0.3) is 11.8 Å². The highest BCUT2D eigenvalue weighted by Gasteiger charge is 2.23. The fourth-order valence-electron chi connectivity index (χ4n) is 1.10. The Labute approximate surface area is 87.0 Å². The summed E-state index contributed by atoms with van der Waals surface area (Å²) in [5.41, 5.74) is 0. The zero-order valence-corrected chi connectivity index (χ0v) is 8.36. The molecule has 0 aromatic heterocycles. The Morgan fingerprint density at radius 3 is 2.40 bits per heavy atom. The molecule has 1 rings (SSSR count). The first-order valence-electron chi connectivity index (χ1n) is 4.40. The molecule has 0 saturated heterocycles. The predicted octanol–water partition coefficient (Wildman–Crippen LogP) is 0.378. The van der Waals surface area contributed by atoms with E-state index in [-0.39, 0.29) is 18.7 Å². The van der Waals surface area contributed by atoms with Crippen LogP contribution in [-0.4, -0.2) is 29.2 Å². The van der Waals surface area contributed by atoms with Crippen molar-refractivity contribution in [1.29, 1.82) is 0 Å². The number of imide groups is 1. The zero-order valence-electron chi connectivity index (χ0n) is 8.36. The third kappa shape index (κ3) is 3.05. The van der Waals surface area contributed by atoms with E-state index in [0.29, 0.717) is 0 Å². The van der Waals surface area contributed by atoms with E-state index in [9.17, 15) is 14.4 Å². The summed E-state index contributed by atoms with van der Waals surface area (Å²) in [4.78, 5) is 34.2. The maximum atomic E-state index is 11.1. The molecular formula is C10H11NO4. The highest BCUT2D eigenvalue weighted by atomic mass is 16.5. The standard InChI is InChI=1S/C10H11NO4/c1-7(2)15-10(14)5-6-11-8(12)3-4-9(11)13/h3-4H,1,5-6H2,2H3. The molecule has 0 aromatic carbocycles. The lowest BCUT2D eigenvalue weighted by Crippen LogP contribution is -2.32. The maximum absolute atomic E-state index is 11.1. The number of ether oxygens (including phenoxy) is 1. The van der Waals surface area contributed by atoms with Gasteiger partial charge in [0, 0.05) is 18.7 Å². The summed E-state index contributed by atoms with van der Waals surface area (Å²) in [7, 11) is 0. The van der Waals surface area contributed by atoms with Crippen molar-refractivity contribution in [1.82, 2.24) is 4.90 Å². The highest BCUT2D eigenvalue weighted by Crippen LogP contribution is 2.05. The van der Waals surface area contributed by atoms with Crippen molar-refractivity contribution in [2.45, 2.75) is 13.3 Å². The number of hydrogen-bond acceptors (Lipinski definition) is 4. The van der Waals surface area contributed by atoms with Crippen LogP contribution in [-0.2, 0) is 19.1 Å². The van der Waals surface area contributed by atoms with Crippen molar-refractivity contribution in [3.05, 3.63) is 24.5 Å². The molecule has 1 aliphatic heterocycles. The van der Waals surface area contributed by atoms with E-state index in [1.54, 1.807) is 6.92 Å². The van der Waals surface area contributed by atoms with Crippen LogP contribution in [0.2, 0.25) is 0 Å². The summed E-state index contributed by atoms with van der Waals surface area (Å²) in [6.07, 6.45) is 2.32. The fourth-order valence-corrected chi connectivity index (χ4v) is 1.10. The topological polar surface area (TPSA) is 63.7 Å². The summed E-state index contributed by atoms with van der Waals surface area (Å²) >= 11 is 0. The van der Waals surface area contributed by atoms with Crippen LogP contribution in [0.5, 0.6) is 0 Å². The van der Waals surface area contributed by atoms with Crippen LogP contribution in [0.3, 0.4) is 0 Å². The number of carbonyl (C=O) groups excluding carboxylic acids is 3. The van der Waals surface area contributed by atoms with Gasteiger partial charge in [-0.15, -0.1) is 0 Å². The number of carbonyl (C=O) groups is 3. The smallest absolute Gasteiger partial charge is 0.312 e. The molecule has 0 aromatic rings. The fraction of sp³-hybridized carbons (Fsp3) is 0.300. The first kappa shape index (κ1) is 11.2. The summed E-state index contributed by atoms with van der Waals surface area (Å²) in [6, 6.07) is 0. The second-order valence-electron chi connectivity index (χ2n) is 3.09. The van der Waals surface area contributed by atoms with Crippen LogP contribution in [0.4, 0.5) is 0 Å². The Hall–Kier alpha value is -1.91. The van der Waals surface area contributed by atoms with E-state index in [0.717, 1.165) is 4.90 Å². The SMILES string of the molecule is C=C(C)OC(=O)CCN1C(=O)C=CC1=O. The minimum atomic E-state index is -0.505. The van der Waals surface area contributed by atoms with Crippen molar-refractivity contribution < 1.29 is 19.1 Å². The van der Waals surface area contributed by atoms with Crippen molar-refractivity contribution in [2.24, 2.45) is 0 Å². The third-order valence-electron chi connectivity index (χ3n) is 1.73. The van der Waals surface area contributed by atoms with Gasteiger partial charge in [-0.3, -0.25) is 19.3 Å². The maximum Gasteiger partial charge on any atom is 0.312 e. The Balaban J connectivity index is 2.38. The summed E-state index contributed by atoms with van der Waals surface area (Å²) in [5, 5.41) is 0. The van der Waals surface area contributed by atoms with Crippen LogP contribution < -0.4 is 0 Å². The molecule has 2 amide bonds. The summed E-state index contributed by atoms with van der Waals surface area (Å²) in [6.45, 7) is 4.99. The van der Waals surface area contributed by atoms with Crippen LogP contribution in [0.1, 0.15) is 13.3 Å². The Morgan fingerprint density at radius 1 is 1.40 bits per heavy atom. The largest absolute Gasteiger partial charge is 0.432 e. The lowest BCUT2D eigenvalue weighted by atomic mass is 10.4. The van der Waals surface area contributed by atoms with Gasteiger partial charge in [-0.1, -0.05) is 6.58 Å². The number of hydrogen-bond donors (Lipinski definition) is 0. The predicted molar refractivity (Wildman–Crippen MR) is 51.4 cm³/mol. The molecule has 0 atom stereocenters. The molecule has 0 radical (unpaired) electrons. The van der Waals surface area contributed by atoms with Gasteiger partial charge in [0.15, 0.2) is 0 Å². The van der Waals surface area contributed by atoms with E-state index in [4.69, 9.17) is 0 Å². The average molecular weight is 209 g/mol. The van der Waals surface area contributed by atoms with Gasteiger partial charge >= 0.3 is 5.97 Å². The third-order valence-corrected chi connectivity index (χ3v) is 1.73. The molecule has 0 aliphatic carbocycles. The molecule has 1 aliphatic rings. The van der Waals surface area contributed by atoms with Gasteiger partial charge in [0.05, 0.1) is 12.2 Å². The monoisotopic (exact) mass is 209 g/mol. The van der Waals surface area contributed by atoms with E-state index in [2.05, 4.69) is 11.3 Å². The van der Waals surface area contributed by atoms with E-state index >= 15 is 0 Å². The summed E-state index contributed by atoms with van der Waals surface area (Å²) in [5.74, 6) is -1.02. The van der Waals surface area contributed by atoms with E-state index in [1.807, 2.05) is 0 Å². The van der Waals surface area contributed by atoms with Crippen molar-refractivity contribution in [3.8, 4) is 0 Å². The molecular weight excluding hydrogens is 198 g/mol. The number of rotatable bonds is 4.